The molecule has 0 saturated carbocycles. The van der Waals surface area contributed by atoms with Crippen LogP contribution in [0.1, 0.15) is 5.56 Å². The predicted molar refractivity (Wildman–Crippen MR) is 60.9 cm³/mol. The molecule has 15 heavy (non-hydrogen) atoms. The Balaban J connectivity index is 2.18. The molecule has 0 aliphatic rings. The van der Waals surface area contributed by atoms with Crippen molar-refractivity contribution in [2.75, 3.05) is 5.73 Å². The third-order valence-electron chi connectivity index (χ3n) is 2.03. The maximum Gasteiger partial charge on any atom is 0.128 e. The van der Waals surface area contributed by atoms with E-state index in [4.69, 9.17) is 10.5 Å². The summed E-state index contributed by atoms with van der Waals surface area (Å²) in [6.07, 6.45) is 0. The molecule has 2 aromatic rings. The number of ether oxygens (including phenoxy) is 1. The Labute approximate surface area is 89.3 Å². The molecule has 0 aliphatic carbocycles. The second-order valence-electron chi connectivity index (χ2n) is 3.40. The minimum atomic E-state index is 0.617. The van der Waals surface area contributed by atoms with E-state index < -0.39 is 0 Å². The number of anilines is 1. The van der Waals surface area contributed by atoms with Crippen molar-refractivity contribution in [3.05, 3.63) is 54.1 Å². The Morgan fingerprint density at radius 2 is 2.00 bits per heavy atom. The van der Waals surface area contributed by atoms with Crippen molar-refractivity contribution in [3.8, 4) is 11.5 Å². The topological polar surface area (TPSA) is 35.2 Å². The number of hydrogen-bond donors (Lipinski definition) is 1. The van der Waals surface area contributed by atoms with Crippen LogP contribution in [0.25, 0.3) is 0 Å². The third-order valence-corrected chi connectivity index (χ3v) is 2.03. The van der Waals surface area contributed by atoms with Crippen LogP contribution in [0.4, 0.5) is 5.69 Å². The molecule has 0 aliphatic heterocycles. The highest BCUT2D eigenvalue weighted by atomic mass is 16.5. The lowest BCUT2D eigenvalue weighted by Gasteiger charge is -2.05. The van der Waals surface area contributed by atoms with Crippen LogP contribution in [0, 0.1) is 13.0 Å². The van der Waals surface area contributed by atoms with E-state index in [-0.39, 0.29) is 0 Å². The lowest BCUT2D eigenvalue weighted by molar-refractivity contribution is 0.482. The van der Waals surface area contributed by atoms with E-state index in [1.807, 2.05) is 37.3 Å². The first-order valence-corrected chi connectivity index (χ1v) is 4.76. The zero-order valence-corrected chi connectivity index (χ0v) is 8.53. The Kier molecular flexibility index (Phi) is 2.59. The molecule has 2 nitrogen and oxygen atoms in total. The smallest absolute Gasteiger partial charge is 0.128 e. The van der Waals surface area contributed by atoms with Crippen molar-refractivity contribution in [3.63, 3.8) is 0 Å². The van der Waals surface area contributed by atoms with Crippen molar-refractivity contribution in [1.29, 1.82) is 0 Å². The molecule has 0 amide bonds. The molecule has 75 valence electrons. The summed E-state index contributed by atoms with van der Waals surface area (Å²) < 4.78 is 5.63. The van der Waals surface area contributed by atoms with Gasteiger partial charge in [-0.3, -0.25) is 0 Å². The summed E-state index contributed by atoms with van der Waals surface area (Å²) in [5.41, 5.74) is 7.32. The first-order chi connectivity index (χ1) is 7.24. The average Bonchev–Trinajstić information content (AvgIpc) is 2.22. The summed E-state index contributed by atoms with van der Waals surface area (Å²) in [5.74, 6) is 1.57. The summed E-state index contributed by atoms with van der Waals surface area (Å²) >= 11 is 0. The van der Waals surface area contributed by atoms with Crippen LogP contribution < -0.4 is 10.5 Å². The van der Waals surface area contributed by atoms with Crippen LogP contribution in [0.15, 0.2) is 42.5 Å². The van der Waals surface area contributed by atoms with Crippen molar-refractivity contribution in [2.24, 2.45) is 0 Å². The maximum absolute atomic E-state index is 5.63. The van der Waals surface area contributed by atoms with Gasteiger partial charge in [0.05, 0.1) is 0 Å². The highest BCUT2D eigenvalue weighted by molar-refractivity contribution is 5.42. The molecular weight excluding hydrogens is 186 g/mol. The van der Waals surface area contributed by atoms with Crippen LogP contribution in [-0.4, -0.2) is 0 Å². The number of benzene rings is 2. The third kappa shape index (κ3) is 2.50. The fraction of sp³-hybridized carbons (Fsp3) is 0.0769. The number of hydrogen-bond acceptors (Lipinski definition) is 2. The van der Waals surface area contributed by atoms with E-state index >= 15 is 0 Å². The van der Waals surface area contributed by atoms with Gasteiger partial charge in [-0.1, -0.05) is 12.1 Å². The fourth-order valence-electron chi connectivity index (χ4n) is 1.30. The van der Waals surface area contributed by atoms with Gasteiger partial charge in [0.25, 0.3) is 0 Å². The first kappa shape index (κ1) is 9.59. The van der Waals surface area contributed by atoms with E-state index in [0.29, 0.717) is 5.69 Å². The van der Waals surface area contributed by atoms with Gasteiger partial charge < -0.3 is 10.5 Å². The standard InChI is InChI=1S/C13H12NO/c1-10-3-2-4-13(9-10)15-12-7-5-11(14)6-8-12/h2-5,7-9H,14H2,1H3. The summed E-state index contributed by atoms with van der Waals surface area (Å²) in [4.78, 5) is 0. The SMILES string of the molecule is Cc1cccc(Oc2c[c]c(N)cc2)c1. The van der Waals surface area contributed by atoms with E-state index in [2.05, 4.69) is 6.07 Å². The number of nitrogen functional groups attached to an aromatic ring is 1. The highest BCUT2D eigenvalue weighted by Crippen LogP contribution is 2.22. The number of nitrogens with two attached hydrogens (primary N) is 1. The molecular formula is C13H12NO. The van der Waals surface area contributed by atoms with Crippen LogP contribution in [0.5, 0.6) is 11.5 Å². The van der Waals surface area contributed by atoms with Crippen molar-refractivity contribution >= 4 is 5.69 Å². The minimum Gasteiger partial charge on any atom is -0.457 e. The monoisotopic (exact) mass is 198 g/mol. The lowest BCUT2D eigenvalue weighted by Crippen LogP contribution is -1.87. The predicted octanol–water partition coefficient (Wildman–Crippen LogP) is 3.17. The Bertz CT molecular complexity index is 448. The molecule has 2 N–H and O–H groups in total. The van der Waals surface area contributed by atoms with Gasteiger partial charge in [0, 0.05) is 11.8 Å². The van der Waals surface area contributed by atoms with E-state index in [9.17, 15) is 0 Å². The Hall–Kier alpha value is -1.96. The normalized spacial score (nSPS) is 9.93. The molecule has 0 atom stereocenters. The maximum atomic E-state index is 5.63. The quantitative estimate of drug-likeness (QED) is 0.752. The number of rotatable bonds is 2. The van der Waals surface area contributed by atoms with Gasteiger partial charge in [-0.25, -0.2) is 0 Å². The molecule has 1 radical (unpaired) electrons. The zero-order valence-electron chi connectivity index (χ0n) is 8.53. The number of aryl methyl sites for hydroxylation is 1. The fourth-order valence-corrected chi connectivity index (χ4v) is 1.30. The van der Waals surface area contributed by atoms with Gasteiger partial charge >= 0.3 is 0 Å². The summed E-state index contributed by atoms with van der Waals surface area (Å²) in [6.45, 7) is 2.03. The van der Waals surface area contributed by atoms with Crippen molar-refractivity contribution in [1.82, 2.24) is 0 Å². The van der Waals surface area contributed by atoms with Gasteiger partial charge in [-0.05, 0) is 42.8 Å². The van der Waals surface area contributed by atoms with E-state index in [1.54, 1.807) is 12.1 Å². The van der Waals surface area contributed by atoms with Crippen LogP contribution in [0.2, 0.25) is 0 Å². The molecule has 2 aromatic carbocycles. The second-order valence-corrected chi connectivity index (χ2v) is 3.40. The molecule has 2 heteroatoms. The van der Waals surface area contributed by atoms with E-state index in [1.165, 1.54) is 5.56 Å². The van der Waals surface area contributed by atoms with Crippen molar-refractivity contribution < 1.29 is 4.74 Å². The van der Waals surface area contributed by atoms with Gasteiger partial charge in [0.15, 0.2) is 0 Å². The van der Waals surface area contributed by atoms with Gasteiger partial charge in [0.2, 0.25) is 0 Å². The molecule has 2 rings (SSSR count). The van der Waals surface area contributed by atoms with Gasteiger partial charge in [-0.15, -0.1) is 0 Å². The molecule has 0 heterocycles. The van der Waals surface area contributed by atoms with Crippen LogP contribution >= 0.6 is 0 Å². The first-order valence-electron chi connectivity index (χ1n) is 4.76. The zero-order chi connectivity index (χ0) is 10.7. The average molecular weight is 198 g/mol. The Morgan fingerprint density at radius 3 is 2.67 bits per heavy atom. The largest absolute Gasteiger partial charge is 0.457 e. The van der Waals surface area contributed by atoms with Gasteiger partial charge in [-0.2, -0.15) is 0 Å². The molecule has 0 saturated heterocycles. The molecule has 0 bridgehead atoms. The summed E-state index contributed by atoms with van der Waals surface area (Å²) in [5, 5.41) is 0. The molecule has 0 fully saturated rings. The lowest BCUT2D eigenvalue weighted by atomic mass is 10.2. The summed E-state index contributed by atoms with van der Waals surface area (Å²) in [6, 6.07) is 16.1. The van der Waals surface area contributed by atoms with Crippen molar-refractivity contribution in [2.45, 2.75) is 6.92 Å². The van der Waals surface area contributed by atoms with Crippen LogP contribution in [0.3, 0.4) is 0 Å². The van der Waals surface area contributed by atoms with Gasteiger partial charge in [0.1, 0.15) is 11.5 Å². The Morgan fingerprint density at radius 1 is 1.13 bits per heavy atom. The second kappa shape index (κ2) is 4.05. The van der Waals surface area contributed by atoms with Crippen LogP contribution in [-0.2, 0) is 0 Å². The van der Waals surface area contributed by atoms with E-state index in [0.717, 1.165) is 11.5 Å². The minimum absolute atomic E-state index is 0.617. The molecule has 0 unspecified atom stereocenters. The molecule has 0 aromatic heterocycles. The highest BCUT2D eigenvalue weighted by Gasteiger charge is 1.96. The summed E-state index contributed by atoms with van der Waals surface area (Å²) in [7, 11) is 0. The molecule has 0 spiro atoms.